The Morgan fingerprint density at radius 2 is 2.12 bits per heavy atom. The molecule has 5 N–H and O–H groups in total. The van der Waals surface area contributed by atoms with Gasteiger partial charge >= 0.3 is 11.9 Å². The van der Waals surface area contributed by atoms with Crippen LogP contribution in [0, 0.1) is 0 Å². The second kappa shape index (κ2) is 5.13. The van der Waals surface area contributed by atoms with Crippen molar-refractivity contribution in [3.8, 4) is 0 Å². The van der Waals surface area contributed by atoms with E-state index in [1.165, 1.54) is 6.08 Å². The van der Waals surface area contributed by atoms with Crippen LogP contribution in [0.15, 0.2) is 12.3 Å². The molecule has 1 aromatic heterocycles. The minimum atomic E-state index is -1.09. The van der Waals surface area contributed by atoms with Crippen LogP contribution in [0.2, 0.25) is 0 Å². The van der Waals surface area contributed by atoms with E-state index in [4.69, 9.17) is 15.9 Å². The van der Waals surface area contributed by atoms with Crippen LogP contribution in [0.5, 0.6) is 0 Å². The summed E-state index contributed by atoms with van der Waals surface area (Å²) in [6, 6.07) is 0. The van der Waals surface area contributed by atoms with Gasteiger partial charge in [0.05, 0.1) is 6.42 Å². The Hall–Kier alpha value is -2.08. The summed E-state index contributed by atoms with van der Waals surface area (Å²) in [5.74, 6) is -2.07. The van der Waals surface area contributed by atoms with Gasteiger partial charge in [0.1, 0.15) is 0 Å². The number of aromatic nitrogens is 1. The fourth-order valence-electron chi connectivity index (χ4n) is 1.37. The van der Waals surface area contributed by atoms with Crippen molar-refractivity contribution in [3.05, 3.63) is 29.1 Å². The minimum Gasteiger partial charge on any atom is -0.481 e. The predicted molar refractivity (Wildman–Crippen MR) is 56.7 cm³/mol. The highest BCUT2D eigenvalue weighted by atomic mass is 16.4. The summed E-state index contributed by atoms with van der Waals surface area (Å²) in [6.45, 7) is 0.184. The lowest BCUT2D eigenvalue weighted by molar-refractivity contribution is -0.136. The average Bonchev–Trinajstić information content (AvgIpc) is 2.56. The Labute approximate surface area is 91.4 Å². The summed E-state index contributed by atoms with van der Waals surface area (Å²) in [5, 5.41) is 17.2. The summed E-state index contributed by atoms with van der Waals surface area (Å²) < 4.78 is 0. The molecule has 16 heavy (non-hydrogen) atoms. The highest BCUT2D eigenvalue weighted by Crippen LogP contribution is 2.16. The van der Waals surface area contributed by atoms with Gasteiger partial charge in [0.2, 0.25) is 0 Å². The Morgan fingerprint density at radius 3 is 2.62 bits per heavy atom. The molecule has 0 aromatic carbocycles. The Kier molecular flexibility index (Phi) is 3.84. The van der Waals surface area contributed by atoms with Crippen LogP contribution in [0.1, 0.15) is 16.8 Å². The van der Waals surface area contributed by atoms with Crippen LogP contribution in [-0.4, -0.2) is 27.1 Å². The molecule has 0 aliphatic carbocycles. The summed E-state index contributed by atoms with van der Waals surface area (Å²) in [4.78, 5) is 23.8. The molecule has 6 nitrogen and oxygen atoms in total. The van der Waals surface area contributed by atoms with Gasteiger partial charge in [-0.3, -0.25) is 4.79 Å². The molecule has 1 heterocycles. The molecular formula is C10H12N2O4. The van der Waals surface area contributed by atoms with E-state index in [1.54, 1.807) is 6.20 Å². The van der Waals surface area contributed by atoms with Gasteiger partial charge in [0, 0.05) is 24.5 Å². The van der Waals surface area contributed by atoms with Crippen LogP contribution in [-0.2, 0) is 22.6 Å². The van der Waals surface area contributed by atoms with Crippen LogP contribution in [0.25, 0.3) is 6.08 Å². The Bertz CT molecular complexity index is 434. The van der Waals surface area contributed by atoms with Crippen LogP contribution in [0.3, 0.4) is 0 Å². The predicted octanol–water partition coefficient (Wildman–Crippen LogP) is 0.198. The van der Waals surface area contributed by atoms with E-state index in [2.05, 4.69) is 4.98 Å². The second-order valence-corrected chi connectivity index (χ2v) is 3.15. The average molecular weight is 224 g/mol. The van der Waals surface area contributed by atoms with Crippen molar-refractivity contribution >= 4 is 18.0 Å². The van der Waals surface area contributed by atoms with E-state index in [-0.39, 0.29) is 13.0 Å². The molecule has 0 bridgehead atoms. The number of hydrogen-bond acceptors (Lipinski definition) is 3. The standard InChI is InChI=1S/C10H12N2O4/c11-4-8-7(3-10(15)16)6(5-12-8)1-2-9(13)14/h1-2,5,12H,3-4,11H2,(H,13,14)(H,15,16)/b2-1-. The number of nitrogens with two attached hydrogens (primary N) is 1. The zero-order valence-electron chi connectivity index (χ0n) is 8.43. The van der Waals surface area contributed by atoms with Gasteiger partial charge in [0.25, 0.3) is 0 Å². The maximum atomic E-state index is 10.6. The quantitative estimate of drug-likeness (QED) is 0.533. The molecule has 0 unspecified atom stereocenters. The number of hydrogen-bond donors (Lipinski definition) is 4. The number of carboxylic acid groups (broad SMARTS) is 2. The molecule has 1 rings (SSSR count). The van der Waals surface area contributed by atoms with E-state index >= 15 is 0 Å². The van der Waals surface area contributed by atoms with Crippen molar-refractivity contribution in [2.75, 3.05) is 0 Å². The zero-order valence-corrected chi connectivity index (χ0v) is 8.43. The Balaban J connectivity index is 3.04. The third-order valence-electron chi connectivity index (χ3n) is 2.05. The molecule has 0 atom stereocenters. The first-order chi connectivity index (χ1) is 7.54. The van der Waals surface area contributed by atoms with E-state index in [0.29, 0.717) is 16.8 Å². The van der Waals surface area contributed by atoms with Crippen molar-refractivity contribution in [2.45, 2.75) is 13.0 Å². The monoisotopic (exact) mass is 224 g/mol. The molecule has 0 aliphatic heterocycles. The normalized spacial score (nSPS) is 10.8. The third-order valence-corrected chi connectivity index (χ3v) is 2.05. The molecule has 0 spiro atoms. The van der Waals surface area contributed by atoms with Gasteiger partial charge in [0.15, 0.2) is 0 Å². The highest BCUT2D eigenvalue weighted by molar-refractivity contribution is 5.86. The number of carbonyl (C=O) groups is 2. The van der Waals surface area contributed by atoms with E-state index < -0.39 is 11.9 Å². The lowest BCUT2D eigenvalue weighted by Crippen LogP contribution is -2.06. The first-order valence-corrected chi connectivity index (χ1v) is 4.56. The molecule has 0 saturated carbocycles. The molecule has 0 radical (unpaired) electrons. The zero-order chi connectivity index (χ0) is 12.1. The third kappa shape index (κ3) is 2.96. The number of carboxylic acids is 2. The summed E-state index contributed by atoms with van der Waals surface area (Å²) in [5.41, 5.74) is 7.09. The number of nitrogens with one attached hydrogen (secondary N) is 1. The lowest BCUT2D eigenvalue weighted by Gasteiger charge is -1.99. The number of aromatic amines is 1. The molecule has 0 amide bonds. The first kappa shape index (κ1) is 12.0. The summed E-state index contributed by atoms with van der Waals surface area (Å²) >= 11 is 0. The topological polar surface area (TPSA) is 116 Å². The maximum absolute atomic E-state index is 10.6. The van der Waals surface area contributed by atoms with Crippen molar-refractivity contribution in [3.63, 3.8) is 0 Å². The smallest absolute Gasteiger partial charge is 0.328 e. The Morgan fingerprint density at radius 1 is 1.44 bits per heavy atom. The van der Waals surface area contributed by atoms with Gasteiger partial charge in [-0.15, -0.1) is 0 Å². The van der Waals surface area contributed by atoms with E-state index in [9.17, 15) is 9.59 Å². The van der Waals surface area contributed by atoms with Crippen LogP contribution >= 0.6 is 0 Å². The molecular weight excluding hydrogens is 212 g/mol. The second-order valence-electron chi connectivity index (χ2n) is 3.15. The van der Waals surface area contributed by atoms with Crippen LogP contribution < -0.4 is 5.73 Å². The molecule has 0 fully saturated rings. The van der Waals surface area contributed by atoms with Gasteiger partial charge in [-0.05, 0) is 17.2 Å². The fraction of sp³-hybridized carbons (Fsp3) is 0.200. The van der Waals surface area contributed by atoms with Crippen molar-refractivity contribution < 1.29 is 19.8 Å². The van der Waals surface area contributed by atoms with Crippen molar-refractivity contribution in [2.24, 2.45) is 5.73 Å². The molecule has 0 aliphatic rings. The molecule has 6 heteroatoms. The van der Waals surface area contributed by atoms with Gasteiger partial charge in [-0.2, -0.15) is 0 Å². The van der Waals surface area contributed by atoms with E-state index in [1.807, 2.05) is 0 Å². The van der Waals surface area contributed by atoms with Crippen molar-refractivity contribution in [1.29, 1.82) is 0 Å². The number of H-pyrrole nitrogens is 1. The molecule has 0 saturated heterocycles. The van der Waals surface area contributed by atoms with Crippen LogP contribution in [0.4, 0.5) is 0 Å². The number of aliphatic carboxylic acids is 2. The highest BCUT2D eigenvalue weighted by Gasteiger charge is 2.11. The van der Waals surface area contributed by atoms with Gasteiger partial charge in [-0.25, -0.2) is 4.79 Å². The van der Waals surface area contributed by atoms with Gasteiger partial charge in [-0.1, -0.05) is 0 Å². The number of rotatable bonds is 5. The molecule has 86 valence electrons. The lowest BCUT2D eigenvalue weighted by atomic mass is 10.1. The van der Waals surface area contributed by atoms with E-state index in [0.717, 1.165) is 6.08 Å². The summed E-state index contributed by atoms with van der Waals surface area (Å²) in [6.07, 6.45) is 3.65. The fourth-order valence-corrected chi connectivity index (χ4v) is 1.37. The minimum absolute atomic E-state index is 0.184. The first-order valence-electron chi connectivity index (χ1n) is 4.56. The summed E-state index contributed by atoms with van der Waals surface area (Å²) in [7, 11) is 0. The molecule has 1 aromatic rings. The largest absolute Gasteiger partial charge is 0.481 e. The maximum Gasteiger partial charge on any atom is 0.328 e. The SMILES string of the molecule is NCc1[nH]cc(/C=C\C(=O)O)c1CC(=O)O. The van der Waals surface area contributed by atoms with Crippen molar-refractivity contribution in [1.82, 2.24) is 4.98 Å². The van der Waals surface area contributed by atoms with Gasteiger partial charge < -0.3 is 20.9 Å².